The van der Waals surface area contributed by atoms with Gasteiger partial charge in [0, 0.05) is 11.9 Å². The molecule has 0 atom stereocenters. The molecule has 0 bridgehead atoms. The van der Waals surface area contributed by atoms with Crippen LogP contribution in [-0.2, 0) is 6.42 Å². The molecule has 2 N–H and O–H groups in total. The van der Waals surface area contributed by atoms with Gasteiger partial charge in [-0.2, -0.15) is 0 Å². The first kappa shape index (κ1) is 9.49. The normalized spacial score (nSPS) is 10.2. The molecule has 0 aliphatic heterocycles. The van der Waals surface area contributed by atoms with Crippen LogP contribution in [0.5, 0.6) is 0 Å². The number of aromatic nitrogens is 1. The molecule has 3 heteroatoms. The number of hydrogen-bond donors (Lipinski definition) is 1. The third kappa shape index (κ3) is 3.20. The maximum absolute atomic E-state index is 5.69. The van der Waals surface area contributed by atoms with Crippen LogP contribution < -0.4 is 5.73 Å². The number of hydrogen-bond acceptors (Lipinski definition) is 2. The maximum atomic E-state index is 5.69. The zero-order chi connectivity index (χ0) is 8.81. The monoisotopic (exact) mass is 184 g/mol. The summed E-state index contributed by atoms with van der Waals surface area (Å²) in [5.74, 6) is 0. The molecule has 0 unspecified atom stereocenters. The summed E-state index contributed by atoms with van der Waals surface area (Å²) >= 11 is 5.69. The van der Waals surface area contributed by atoms with E-state index in [0.29, 0.717) is 5.02 Å². The molecule has 0 saturated heterocycles. The third-order valence-electron chi connectivity index (χ3n) is 1.68. The van der Waals surface area contributed by atoms with Crippen LogP contribution in [0.3, 0.4) is 0 Å². The topological polar surface area (TPSA) is 38.9 Å². The molecule has 0 amide bonds. The number of nitrogens with two attached hydrogens (primary N) is 1. The van der Waals surface area contributed by atoms with Crippen molar-refractivity contribution in [2.24, 2.45) is 5.73 Å². The van der Waals surface area contributed by atoms with Gasteiger partial charge in [-0.25, -0.2) is 0 Å². The molecule has 1 aromatic rings. The van der Waals surface area contributed by atoms with Crippen molar-refractivity contribution in [2.75, 3.05) is 6.54 Å². The second kappa shape index (κ2) is 5.12. The predicted octanol–water partition coefficient (Wildman–Crippen LogP) is 2.02. The van der Waals surface area contributed by atoms with E-state index in [1.165, 1.54) is 0 Å². The van der Waals surface area contributed by atoms with E-state index in [0.717, 1.165) is 31.5 Å². The number of pyridine rings is 1. The number of halogens is 1. The Balaban J connectivity index is 2.37. The van der Waals surface area contributed by atoms with Crippen molar-refractivity contribution in [3.8, 4) is 0 Å². The van der Waals surface area contributed by atoms with Crippen molar-refractivity contribution in [2.45, 2.75) is 19.3 Å². The number of nitrogens with zero attached hydrogens (tertiary/aromatic N) is 1. The highest BCUT2D eigenvalue weighted by Gasteiger charge is 1.93. The second-order valence-electron chi connectivity index (χ2n) is 2.71. The number of aryl methyl sites for hydroxylation is 1. The Labute approximate surface area is 77.8 Å². The minimum Gasteiger partial charge on any atom is -0.330 e. The second-order valence-corrected chi connectivity index (χ2v) is 3.15. The maximum Gasteiger partial charge on any atom is 0.0589 e. The first-order valence-electron chi connectivity index (χ1n) is 4.13. The van der Waals surface area contributed by atoms with E-state index < -0.39 is 0 Å². The van der Waals surface area contributed by atoms with Crippen LogP contribution in [0.1, 0.15) is 18.5 Å². The Morgan fingerprint density at radius 3 is 2.75 bits per heavy atom. The van der Waals surface area contributed by atoms with Crippen molar-refractivity contribution >= 4 is 11.6 Å². The summed E-state index contributed by atoms with van der Waals surface area (Å²) in [6.07, 6.45) is 4.84. The van der Waals surface area contributed by atoms with E-state index in [-0.39, 0.29) is 0 Å². The van der Waals surface area contributed by atoms with Crippen LogP contribution in [0.2, 0.25) is 5.02 Å². The number of rotatable bonds is 4. The fraction of sp³-hybridized carbons (Fsp3) is 0.444. The highest BCUT2D eigenvalue weighted by atomic mass is 35.5. The Morgan fingerprint density at radius 1 is 1.33 bits per heavy atom. The van der Waals surface area contributed by atoms with Crippen LogP contribution in [-0.4, -0.2) is 11.5 Å². The van der Waals surface area contributed by atoms with Crippen molar-refractivity contribution in [1.29, 1.82) is 0 Å². The molecule has 1 rings (SSSR count). The average molecular weight is 185 g/mol. The Morgan fingerprint density at radius 2 is 2.17 bits per heavy atom. The summed E-state index contributed by atoms with van der Waals surface area (Å²) in [6, 6.07) is 3.82. The van der Waals surface area contributed by atoms with Gasteiger partial charge in [0.2, 0.25) is 0 Å². The Bertz CT molecular complexity index is 220. The minimum absolute atomic E-state index is 0.692. The summed E-state index contributed by atoms with van der Waals surface area (Å²) in [5.41, 5.74) is 6.47. The summed E-state index contributed by atoms with van der Waals surface area (Å²) in [5, 5.41) is 0.692. The fourth-order valence-electron chi connectivity index (χ4n) is 1.00. The van der Waals surface area contributed by atoms with Gasteiger partial charge in [-0.3, -0.25) is 4.98 Å². The first-order chi connectivity index (χ1) is 5.83. The van der Waals surface area contributed by atoms with Crippen molar-refractivity contribution < 1.29 is 0 Å². The molecule has 0 aromatic carbocycles. The summed E-state index contributed by atoms with van der Waals surface area (Å²) in [7, 11) is 0. The lowest BCUT2D eigenvalue weighted by Crippen LogP contribution is -1.99. The molecule has 0 spiro atoms. The van der Waals surface area contributed by atoms with Gasteiger partial charge < -0.3 is 5.73 Å². The molecule has 0 aliphatic rings. The first-order valence-corrected chi connectivity index (χ1v) is 4.51. The van der Waals surface area contributed by atoms with Gasteiger partial charge in [-0.1, -0.05) is 11.6 Å². The Hall–Kier alpha value is -0.600. The zero-order valence-electron chi connectivity index (χ0n) is 6.96. The lowest BCUT2D eigenvalue weighted by Gasteiger charge is -1.98. The predicted molar refractivity (Wildman–Crippen MR) is 51.2 cm³/mol. The van der Waals surface area contributed by atoms with Gasteiger partial charge in [-0.05, 0) is 37.9 Å². The highest BCUT2D eigenvalue weighted by molar-refractivity contribution is 6.30. The van der Waals surface area contributed by atoms with E-state index in [2.05, 4.69) is 4.98 Å². The third-order valence-corrected chi connectivity index (χ3v) is 1.90. The van der Waals surface area contributed by atoms with Crippen LogP contribution in [0.4, 0.5) is 0 Å². The standard InChI is InChI=1S/C9H13ClN2/c10-8-4-5-9(12-7-8)3-1-2-6-11/h4-5,7H,1-3,6,11H2. The molecule has 2 nitrogen and oxygen atoms in total. The summed E-state index contributed by atoms with van der Waals surface area (Å²) in [6.45, 7) is 0.758. The van der Waals surface area contributed by atoms with Gasteiger partial charge in [0.05, 0.1) is 5.02 Å². The summed E-state index contributed by atoms with van der Waals surface area (Å²) < 4.78 is 0. The highest BCUT2D eigenvalue weighted by Crippen LogP contribution is 2.07. The smallest absolute Gasteiger partial charge is 0.0589 e. The molecule has 0 aliphatic carbocycles. The van der Waals surface area contributed by atoms with E-state index in [1.807, 2.05) is 12.1 Å². The van der Waals surface area contributed by atoms with Gasteiger partial charge in [0.1, 0.15) is 0 Å². The van der Waals surface area contributed by atoms with Crippen LogP contribution in [0.25, 0.3) is 0 Å². The van der Waals surface area contributed by atoms with E-state index in [4.69, 9.17) is 17.3 Å². The molecular weight excluding hydrogens is 172 g/mol. The summed E-state index contributed by atoms with van der Waals surface area (Å²) in [4.78, 5) is 4.18. The fourth-order valence-corrected chi connectivity index (χ4v) is 1.12. The van der Waals surface area contributed by atoms with E-state index >= 15 is 0 Å². The molecule has 1 heterocycles. The molecular formula is C9H13ClN2. The number of unbranched alkanes of at least 4 members (excludes halogenated alkanes) is 1. The lowest BCUT2D eigenvalue weighted by molar-refractivity contribution is 0.732. The van der Waals surface area contributed by atoms with Gasteiger partial charge in [0.15, 0.2) is 0 Å². The quantitative estimate of drug-likeness (QED) is 0.728. The van der Waals surface area contributed by atoms with Crippen molar-refractivity contribution in [3.05, 3.63) is 29.0 Å². The van der Waals surface area contributed by atoms with Crippen molar-refractivity contribution in [1.82, 2.24) is 4.98 Å². The van der Waals surface area contributed by atoms with Gasteiger partial charge >= 0.3 is 0 Å². The molecule has 0 saturated carbocycles. The minimum atomic E-state index is 0.692. The van der Waals surface area contributed by atoms with Crippen LogP contribution in [0.15, 0.2) is 18.3 Å². The van der Waals surface area contributed by atoms with E-state index in [9.17, 15) is 0 Å². The molecule has 0 fully saturated rings. The molecule has 66 valence electrons. The van der Waals surface area contributed by atoms with Gasteiger partial charge in [-0.15, -0.1) is 0 Å². The van der Waals surface area contributed by atoms with Crippen LogP contribution in [0, 0.1) is 0 Å². The zero-order valence-corrected chi connectivity index (χ0v) is 7.72. The SMILES string of the molecule is NCCCCc1ccc(Cl)cn1. The lowest BCUT2D eigenvalue weighted by atomic mass is 10.2. The molecule has 1 aromatic heterocycles. The molecule has 12 heavy (non-hydrogen) atoms. The largest absolute Gasteiger partial charge is 0.330 e. The van der Waals surface area contributed by atoms with Gasteiger partial charge in [0.25, 0.3) is 0 Å². The average Bonchev–Trinajstić information content (AvgIpc) is 2.09. The Kier molecular flexibility index (Phi) is 4.05. The van der Waals surface area contributed by atoms with Crippen molar-refractivity contribution in [3.63, 3.8) is 0 Å². The van der Waals surface area contributed by atoms with Crippen LogP contribution >= 0.6 is 11.6 Å². The van der Waals surface area contributed by atoms with E-state index in [1.54, 1.807) is 6.20 Å². The molecule has 0 radical (unpaired) electrons.